The number of rotatable bonds is 4. The SMILES string of the molecule is Cc1nn2cccnc2c1C(=O)OCC(=O)Nc1cccc(C#N)c1. The molecule has 3 rings (SSSR count). The zero-order valence-electron chi connectivity index (χ0n) is 13.3. The Hall–Kier alpha value is -3.73. The Bertz CT molecular complexity index is 1000. The van der Waals surface area contributed by atoms with Crippen molar-refractivity contribution in [3.05, 3.63) is 59.5 Å². The first kappa shape index (κ1) is 16.1. The Morgan fingerprint density at radius 2 is 2.20 bits per heavy atom. The van der Waals surface area contributed by atoms with E-state index in [9.17, 15) is 9.59 Å². The van der Waals surface area contributed by atoms with Crippen LogP contribution in [0, 0.1) is 18.3 Å². The number of aromatic nitrogens is 3. The molecular formula is C17H13N5O3. The molecule has 25 heavy (non-hydrogen) atoms. The van der Waals surface area contributed by atoms with Crippen molar-refractivity contribution in [2.45, 2.75) is 6.92 Å². The summed E-state index contributed by atoms with van der Waals surface area (Å²) in [6.45, 7) is 1.21. The lowest BCUT2D eigenvalue weighted by atomic mass is 10.2. The van der Waals surface area contributed by atoms with Gasteiger partial charge in [-0.3, -0.25) is 4.79 Å². The van der Waals surface area contributed by atoms with Crippen molar-refractivity contribution in [2.75, 3.05) is 11.9 Å². The second kappa shape index (κ2) is 6.80. The Morgan fingerprint density at radius 1 is 1.36 bits per heavy atom. The van der Waals surface area contributed by atoms with E-state index in [1.807, 2.05) is 6.07 Å². The fraction of sp³-hybridized carbons (Fsp3) is 0.118. The molecular weight excluding hydrogens is 322 g/mol. The fourth-order valence-electron chi connectivity index (χ4n) is 2.30. The van der Waals surface area contributed by atoms with Crippen molar-refractivity contribution >= 4 is 23.2 Å². The van der Waals surface area contributed by atoms with Crippen molar-refractivity contribution in [1.29, 1.82) is 5.26 Å². The van der Waals surface area contributed by atoms with Gasteiger partial charge in [-0.15, -0.1) is 0 Å². The first-order chi connectivity index (χ1) is 12.1. The fourth-order valence-corrected chi connectivity index (χ4v) is 2.30. The summed E-state index contributed by atoms with van der Waals surface area (Å²) < 4.78 is 6.53. The highest BCUT2D eigenvalue weighted by Gasteiger charge is 2.20. The molecule has 0 aliphatic rings. The van der Waals surface area contributed by atoms with E-state index in [0.717, 1.165) is 0 Å². The number of carbonyl (C=O) groups excluding carboxylic acids is 2. The Kier molecular flexibility index (Phi) is 4.39. The van der Waals surface area contributed by atoms with E-state index in [2.05, 4.69) is 15.4 Å². The van der Waals surface area contributed by atoms with Crippen LogP contribution in [0.5, 0.6) is 0 Å². The topological polar surface area (TPSA) is 109 Å². The second-order valence-corrected chi connectivity index (χ2v) is 5.17. The number of esters is 1. The van der Waals surface area contributed by atoms with Gasteiger partial charge in [-0.1, -0.05) is 6.07 Å². The lowest BCUT2D eigenvalue weighted by Gasteiger charge is -2.06. The Morgan fingerprint density at radius 3 is 3.00 bits per heavy atom. The quantitative estimate of drug-likeness (QED) is 0.727. The van der Waals surface area contributed by atoms with Gasteiger partial charge in [0.15, 0.2) is 12.3 Å². The molecule has 0 saturated carbocycles. The first-order valence-corrected chi connectivity index (χ1v) is 7.35. The lowest BCUT2D eigenvalue weighted by Crippen LogP contribution is -2.21. The Balaban J connectivity index is 1.66. The molecule has 0 aliphatic carbocycles. The van der Waals surface area contributed by atoms with E-state index < -0.39 is 18.5 Å². The lowest BCUT2D eigenvalue weighted by molar-refractivity contribution is -0.119. The summed E-state index contributed by atoms with van der Waals surface area (Å²) in [5.74, 6) is -1.18. The molecule has 1 aromatic carbocycles. The van der Waals surface area contributed by atoms with E-state index in [4.69, 9.17) is 10.00 Å². The summed E-state index contributed by atoms with van der Waals surface area (Å²) in [7, 11) is 0. The molecule has 124 valence electrons. The monoisotopic (exact) mass is 335 g/mol. The molecule has 1 N–H and O–H groups in total. The largest absolute Gasteiger partial charge is 0.452 e. The third-order valence-corrected chi connectivity index (χ3v) is 3.38. The van der Waals surface area contributed by atoms with E-state index in [0.29, 0.717) is 22.6 Å². The number of aryl methyl sites for hydroxylation is 1. The number of nitrogens with zero attached hydrogens (tertiary/aromatic N) is 4. The molecule has 0 spiro atoms. The molecule has 0 fully saturated rings. The molecule has 0 bridgehead atoms. The number of hydrogen-bond donors (Lipinski definition) is 1. The van der Waals surface area contributed by atoms with E-state index in [-0.39, 0.29) is 5.56 Å². The predicted molar refractivity (Wildman–Crippen MR) is 87.8 cm³/mol. The van der Waals surface area contributed by atoms with Gasteiger partial charge in [0.2, 0.25) is 0 Å². The van der Waals surface area contributed by atoms with Gasteiger partial charge in [0, 0.05) is 18.1 Å². The minimum atomic E-state index is -0.674. The van der Waals surface area contributed by atoms with Crippen LogP contribution >= 0.6 is 0 Å². The van der Waals surface area contributed by atoms with Crippen LogP contribution in [0.1, 0.15) is 21.6 Å². The number of amides is 1. The van der Waals surface area contributed by atoms with Gasteiger partial charge in [-0.2, -0.15) is 10.4 Å². The Labute approximate surface area is 142 Å². The third kappa shape index (κ3) is 3.45. The smallest absolute Gasteiger partial charge is 0.344 e. The molecule has 3 aromatic rings. The summed E-state index contributed by atoms with van der Waals surface area (Å²) in [5.41, 5.74) is 1.93. The summed E-state index contributed by atoms with van der Waals surface area (Å²) >= 11 is 0. The van der Waals surface area contributed by atoms with Crippen LogP contribution in [0.2, 0.25) is 0 Å². The average Bonchev–Trinajstić information content (AvgIpc) is 2.95. The number of hydrogen-bond acceptors (Lipinski definition) is 6. The van der Waals surface area contributed by atoms with Gasteiger partial charge in [0.1, 0.15) is 5.56 Å². The predicted octanol–water partition coefficient (Wildman–Crippen LogP) is 1.70. The summed E-state index contributed by atoms with van der Waals surface area (Å²) in [5, 5.41) is 15.6. The highest BCUT2D eigenvalue weighted by molar-refractivity contribution is 5.99. The molecule has 1 amide bonds. The number of benzene rings is 1. The van der Waals surface area contributed by atoms with Crippen molar-refractivity contribution in [3.8, 4) is 6.07 Å². The van der Waals surface area contributed by atoms with Crippen molar-refractivity contribution in [1.82, 2.24) is 14.6 Å². The number of anilines is 1. The number of carbonyl (C=O) groups is 2. The van der Waals surface area contributed by atoms with Gasteiger partial charge in [-0.05, 0) is 31.2 Å². The number of nitriles is 1. The van der Waals surface area contributed by atoms with Gasteiger partial charge in [-0.25, -0.2) is 14.3 Å². The molecule has 0 atom stereocenters. The molecule has 0 radical (unpaired) electrons. The molecule has 0 aliphatic heterocycles. The van der Waals surface area contributed by atoms with Crippen molar-refractivity contribution in [2.24, 2.45) is 0 Å². The zero-order chi connectivity index (χ0) is 17.8. The number of ether oxygens (including phenoxy) is 1. The minimum absolute atomic E-state index is 0.222. The maximum atomic E-state index is 12.3. The van der Waals surface area contributed by atoms with Gasteiger partial charge in [0.25, 0.3) is 5.91 Å². The molecule has 8 heteroatoms. The number of nitrogens with one attached hydrogen (secondary N) is 1. The van der Waals surface area contributed by atoms with E-state index in [1.165, 1.54) is 10.6 Å². The molecule has 0 saturated heterocycles. The van der Waals surface area contributed by atoms with Crippen LogP contribution in [0.25, 0.3) is 5.65 Å². The molecule has 2 heterocycles. The van der Waals surface area contributed by atoms with Gasteiger partial charge in [0.05, 0.1) is 17.3 Å². The average molecular weight is 335 g/mol. The first-order valence-electron chi connectivity index (χ1n) is 7.35. The maximum Gasteiger partial charge on any atom is 0.344 e. The summed E-state index contributed by atoms with van der Waals surface area (Å²) in [6.07, 6.45) is 3.21. The summed E-state index contributed by atoms with van der Waals surface area (Å²) in [6, 6.07) is 10.1. The van der Waals surface area contributed by atoms with Crippen LogP contribution < -0.4 is 5.32 Å². The van der Waals surface area contributed by atoms with Crippen molar-refractivity contribution < 1.29 is 14.3 Å². The van der Waals surface area contributed by atoms with Gasteiger partial charge < -0.3 is 10.1 Å². The van der Waals surface area contributed by atoms with E-state index in [1.54, 1.807) is 43.6 Å². The van der Waals surface area contributed by atoms with Crippen molar-refractivity contribution in [3.63, 3.8) is 0 Å². The highest BCUT2D eigenvalue weighted by Crippen LogP contribution is 2.14. The normalized spacial score (nSPS) is 10.2. The second-order valence-electron chi connectivity index (χ2n) is 5.17. The minimum Gasteiger partial charge on any atom is -0.452 e. The maximum absolute atomic E-state index is 12.3. The van der Waals surface area contributed by atoms with Crippen LogP contribution in [0.15, 0.2) is 42.7 Å². The molecule has 8 nitrogen and oxygen atoms in total. The zero-order valence-corrected chi connectivity index (χ0v) is 13.3. The highest BCUT2D eigenvalue weighted by atomic mass is 16.5. The molecule has 2 aromatic heterocycles. The van der Waals surface area contributed by atoms with Crippen LogP contribution in [-0.4, -0.2) is 33.1 Å². The standard InChI is InChI=1S/C17H13N5O3/c1-11-15(16-19-6-3-7-22(16)21-11)17(24)25-10-14(23)20-13-5-2-4-12(8-13)9-18/h2-8H,10H2,1H3,(H,20,23). The van der Waals surface area contributed by atoms with E-state index >= 15 is 0 Å². The summed E-state index contributed by atoms with van der Waals surface area (Å²) in [4.78, 5) is 28.3. The number of fused-ring (bicyclic) bond motifs is 1. The van der Waals surface area contributed by atoms with Crippen LogP contribution in [0.4, 0.5) is 5.69 Å². The molecule has 0 unspecified atom stereocenters. The van der Waals surface area contributed by atoms with Crippen LogP contribution in [-0.2, 0) is 9.53 Å². The third-order valence-electron chi connectivity index (χ3n) is 3.38. The van der Waals surface area contributed by atoms with Gasteiger partial charge >= 0.3 is 5.97 Å². The van der Waals surface area contributed by atoms with Crippen LogP contribution in [0.3, 0.4) is 0 Å².